The van der Waals surface area contributed by atoms with Crippen LogP contribution in [0.5, 0.6) is 11.5 Å². The van der Waals surface area contributed by atoms with Gasteiger partial charge in [-0.1, -0.05) is 32.0 Å². The van der Waals surface area contributed by atoms with E-state index in [0.717, 1.165) is 49.6 Å². The van der Waals surface area contributed by atoms with Crippen molar-refractivity contribution in [3.8, 4) is 11.5 Å². The molecule has 0 aliphatic rings. The molecule has 0 bridgehead atoms. The van der Waals surface area contributed by atoms with E-state index in [9.17, 15) is 0 Å². The number of nitrogens with zero attached hydrogens (tertiary/aromatic N) is 2. The minimum atomic E-state index is 0.445. The van der Waals surface area contributed by atoms with Crippen molar-refractivity contribution in [2.45, 2.75) is 32.6 Å². The third-order valence-electron chi connectivity index (χ3n) is 5.13. The lowest BCUT2D eigenvalue weighted by Crippen LogP contribution is -2.23. The molecule has 3 rings (SSSR count). The van der Waals surface area contributed by atoms with Gasteiger partial charge in [0.05, 0.1) is 19.2 Å². The van der Waals surface area contributed by atoms with Crippen molar-refractivity contribution in [2.24, 2.45) is 0 Å². The van der Waals surface area contributed by atoms with Crippen LogP contribution in [0.1, 0.15) is 37.3 Å². The van der Waals surface area contributed by atoms with E-state index in [1.165, 1.54) is 11.1 Å². The Balaban J connectivity index is 1.48. The SMILES string of the molecule is COc1cccc(CCN(C)CCCOc2c(C(C)C)cn3ccccc23)c1. The molecule has 2 aromatic heterocycles. The Morgan fingerprint density at radius 2 is 1.93 bits per heavy atom. The standard InChI is InChI=1S/C24H32N2O2/c1-19(2)22-18-26-14-6-5-11-23(26)24(22)28-16-8-13-25(3)15-12-20-9-7-10-21(17-20)27-4/h5-7,9-11,14,17-19H,8,12-13,15-16H2,1-4H3. The topological polar surface area (TPSA) is 26.1 Å². The van der Waals surface area contributed by atoms with Crippen molar-refractivity contribution in [1.82, 2.24) is 9.30 Å². The fraction of sp³-hybridized carbons (Fsp3) is 0.417. The highest BCUT2D eigenvalue weighted by Crippen LogP contribution is 2.32. The Morgan fingerprint density at radius 1 is 1.07 bits per heavy atom. The van der Waals surface area contributed by atoms with Gasteiger partial charge in [0.2, 0.25) is 0 Å². The van der Waals surface area contributed by atoms with E-state index in [0.29, 0.717) is 5.92 Å². The molecule has 1 aromatic carbocycles. The highest BCUT2D eigenvalue weighted by atomic mass is 16.5. The number of ether oxygens (including phenoxy) is 2. The van der Waals surface area contributed by atoms with Gasteiger partial charge in [-0.2, -0.15) is 0 Å². The Morgan fingerprint density at radius 3 is 2.71 bits per heavy atom. The third kappa shape index (κ3) is 5.08. The fourth-order valence-corrected chi connectivity index (χ4v) is 3.45. The Labute approximate surface area is 168 Å². The molecule has 0 saturated heterocycles. The van der Waals surface area contributed by atoms with Crippen molar-refractivity contribution in [3.63, 3.8) is 0 Å². The zero-order valence-corrected chi connectivity index (χ0v) is 17.5. The van der Waals surface area contributed by atoms with E-state index in [-0.39, 0.29) is 0 Å². The molecule has 0 saturated carbocycles. The fourth-order valence-electron chi connectivity index (χ4n) is 3.45. The number of methoxy groups -OCH3 is 1. The van der Waals surface area contributed by atoms with E-state index < -0.39 is 0 Å². The number of fused-ring (bicyclic) bond motifs is 1. The second-order valence-corrected chi connectivity index (χ2v) is 7.67. The van der Waals surface area contributed by atoms with E-state index >= 15 is 0 Å². The van der Waals surface area contributed by atoms with Gasteiger partial charge in [-0.05, 0) is 55.6 Å². The molecule has 0 fully saturated rings. The summed E-state index contributed by atoms with van der Waals surface area (Å²) in [6.45, 7) is 7.21. The van der Waals surface area contributed by atoms with Crippen LogP contribution < -0.4 is 9.47 Å². The van der Waals surface area contributed by atoms with E-state index in [1.807, 2.05) is 6.07 Å². The molecule has 4 nitrogen and oxygen atoms in total. The zero-order valence-electron chi connectivity index (χ0n) is 17.5. The molecule has 3 aromatic rings. The largest absolute Gasteiger partial charge is 0.497 e. The van der Waals surface area contributed by atoms with Crippen LogP contribution in [-0.2, 0) is 6.42 Å². The molecule has 0 aliphatic heterocycles. The lowest BCUT2D eigenvalue weighted by Gasteiger charge is -2.17. The molecule has 0 N–H and O–H groups in total. The molecule has 0 amide bonds. The van der Waals surface area contributed by atoms with Gasteiger partial charge in [0.25, 0.3) is 0 Å². The molecule has 0 spiro atoms. The Hall–Kier alpha value is -2.46. The van der Waals surface area contributed by atoms with Gasteiger partial charge in [-0.3, -0.25) is 0 Å². The Bertz CT molecular complexity index is 885. The van der Waals surface area contributed by atoms with Gasteiger partial charge in [0.1, 0.15) is 11.5 Å². The summed E-state index contributed by atoms with van der Waals surface area (Å²) in [7, 11) is 3.89. The molecular formula is C24H32N2O2. The predicted molar refractivity (Wildman–Crippen MR) is 116 cm³/mol. The molecule has 0 radical (unpaired) electrons. The maximum Gasteiger partial charge on any atom is 0.148 e. The summed E-state index contributed by atoms with van der Waals surface area (Å²) in [4.78, 5) is 2.37. The van der Waals surface area contributed by atoms with E-state index in [2.05, 4.69) is 79.0 Å². The van der Waals surface area contributed by atoms with Crippen LogP contribution in [0.3, 0.4) is 0 Å². The van der Waals surface area contributed by atoms with Gasteiger partial charge in [0, 0.05) is 31.0 Å². The number of aromatic nitrogens is 1. The number of benzene rings is 1. The molecule has 0 aliphatic carbocycles. The predicted octanol–water partition coefficient (Wildman–Crippen LogP) is 5.01. The van der Waals surface area contributed by atoms with Gasteiger partial charge in [0.15, 0.2) is 0 Å². The summed E-state index contributed by atoms with van der Waals surface area (Å²) in [5, 5.41) is 0. The van der Waals surface area contributed by atoms with Crippen molar-refractivity contribution in [1.29, 1.82) is 0 Å². The molecule has 0 unspecified atom stereocenters. The summed E-state index contributed by atoms with van der Waals surface area (Å²) in [5.74, 6) is 2.41. The molecule has 28 heavy (non-hydrogen) atoms. The number of pyridine rings is 1. The first kappa shape index (κ1) is 20.3. The normalized spacial score (nSPS) is 11.5. The summed E-state index contributed by atoms with van der Waals surface area (Å²) in [5.41, 5.74) is 3.74. The second kappa shape index (κ2) is 9.65. The zero-order chi connectivity index (χ0) is 19.9. The van der Waals surface area contributed by atoms with Crippen molar-refractivity contribution >= 4 is 5.52 Å². The maximum atomic E-state index is 6.23. The average molecular weight is 381 g/mol. The lowest BCUT2D eigenvalue weighted by atomic mass is 10.1. The summed E-state index contributed by atoms with van der Waals surface area (Å²) < 4.78 is 13.7. The van der Waals surface area contributed by atoms with E-state index in [1.54, 1.807) is 7.11 Å². The molecular weight excluding hydrogens is 348 g/mol. The first-order valence-electron chi connectivity index (χ1n) is 10.1. The minimum Gasteiger partial charge on any atom is -0.497 e. The van der Waals surface area contributed by atoms with Crippen LogP contribution in [0.25, 0.3) is 5.52 Å². The smallest absolute Gasteiger partial charge is 0.148 e. The quantitative estimate of drug-likeness (QED) is 0.462. The monoisotopic (exact) mass is 380 g/mol. The van der Waals surface area contributed by atoms with Crippen LogP contribution in [0.4, 0.5) is 0 Å². The highest BCUT2D eigenvalue weighted by Gasteiger charge is 2.14. The van der Waals surface area contributed by atoms with Crippen LogP contribution in [0, 0.1) is 0 Å². The van der Waals surface area contributed by atoms with Crippen LogP contribution in [0.15, 0.2) is 54.9 Å². The van der Waals surface area contributed by atoms with Gasteiger partial charge in [-0.25, -0.2) is 0 Å². The first-order valence-corrected chi connectivity index (χ1v) is 10.1. The van der Waals surface area contributed by atoms with Crippen LogP contribution in [-0.4, -0.2) is 43.2 Å². The van der Waals surface area contributed by atoms with Crippen molar-refractivity contribution < 1.29 is 9.47 Å². The van der Waals surface area contributed by atoms with Gasteiger partial charge < -0.3 is 18.8 Å². The summed E-state index contributed by atoms with van der Waals surface area (Å²) in [6, 6.07) is 14.6. The molecule has 2 heterocycles. The lowest BCUT2D eigenvalue weighted by molar-refractivity contribution is 0.264. The summed E-state index contributed by atoms with van der Waals surface area (Å²) >= 11 is 0. The van der Waals surface area contributed by atoms with Gasteiger partial charge >= 0.3 is 0 Å². The van der Waals surface area contributed by atoms with Crippen molar-refractivity contribution in [3.05, 3.63) is 66.0 Å². The number of hydrogen-bond acceptors (Lipinski definition) is 3. The number of hydrogen-bond donors (Lipinski definition) is 0. The average Bonchev–Trinajstić information content (AvgIpc) is 3.09. The Kier molecular flexibility index (Phi) is 6.99. The highest BCUT2D eigenvalue weighted by molar-refractivity contribution is 5.65. The molecule has 0 atom stereocenters. The van der Waals surface area contributed by atoms with Crippen LogP contribution in [0.2, 0.25) is 0 Å². The first-order chi connectivity index (χ1) is 13.6. The molecule has 150 valence electrons. The number of likely N-dealkylation sites (N-methyl/N-ethyl adjacent to an activating group) is 1. The van der Waals surface area contributed by atoms with Crippen molar-refractivity contribution in [2.75, 3.05) is 33.9 Å². The summed E-state index contributed by atoms with van der Waals surface area (Å²) in [6.07, 6.45) is 6.31. The van der Waals surface area contributed by atoms with Gasteiger partial charge in [-0.15, -0.1) is 0 Å². The van der Waals surface area contributed by atoms with Crippen LogP contribution >= 0.6 is 0 Å². The maximum absolute atomic E-state index is 6.23. The number of rotatable bonds is 10. The minimum absolute atomic E-state index is 0.445. The third-order valence-corrected chi connectivity index (χ3v) is 5.13. The second-order valence-electron chi connectivity index (χ2n) is 7.67. The molecule has 4 heteroatoms. The van der Waals surface area contributed by atoms with E-state index in [4.69, 9.17) is 9.47 Å².